The summed E-state index contributed by atoms with van der Waals surface area (Å²) in [6.45, 7) is 0. The van der Waals surface area contributed by atoms with Crippen LogP contribution in [0.25, 0.3) is 0 Å². The first-order chi connectivity index (χ1) is 6.48. The van der Waals surface area contributed by atoms with Gasteiger partial charge < -0.3 is 5.73 Å². The van der Waals surface area contributed by atoms with Gasteiger partial charge in [0.05, 0.1) is 5.56 Å². The molecule has 0 spiro atoms. The van der Waals surface area contributed by atoms with Gasteiger partial charge in [-0.15, -0.1) is 0 Å². The molecule has 1 fully saturated rings. The molecule has 1 aromatic rings. The first kappa shape index (κ1) is 9.52. The first-order valence-electron chi connectivity index (χ1n) is 4.41. The van der Waals surface area contributed by atoms with Gasteiger partial charge in [0.2, 0.25) is 0 Å². The molecule has 4 heteroatoms. The van der Waals surface area contributed by atoms with E-state index in [2.05, 4.69) is 0 Å². The third kappa shape index (κ3) is 1.75. The number of hydrogen-bond donors (Lipinski definition) is 1. The van der Waals surface area contributed by atoms with Crippen LogP contribution in [0.1, 0.15) is 23.5 Å². The standard InChI is InChI=1S/C10H10F3N/c11-10(12,13)7-3-1-6(2-4-7)8-5-9(8)14/h1-4,8-9H,5,14H2/t8-,9+/m1/s1. The predicted octanol–water partition coefficient (Wildman–Crippen LogP) is 2.52. The number of rotatable bonds is 1. The van der Waals surface area contributed by atoms with E-state index in [1.54, 1.807) is 0 Å². The SMILES string of the molecule is N[C@H]1C[C@@H]1c1ccc(C(F)(F)F)cc1. The summed E-state index contributed by atoms with van der Waals surface area (Å²) in [6.07, 6.45) is -3.37. The number of benzene rings is 1. The summed E-state index contributed by atoms with van der Waals surface area (Å²) in [6, 6.07) is 5.38. The lowest BCUT2D eigenvalue weighted by Gasteiger charge is -2.06. The molecular weight excluding hydrogens is 191 g/mol. The van der Waals surface area contributed by atoms with Crippen molar-refractivity contribution in [3.8, 4) is 0 Å². The molecule has 0 aliphatic heterocycles. The molecule has 0 bridgehead atoms. The van der Waals surface area contributed by atoms with Gasteiger partial charge in [0.25, 0.3) is 0 Å². The fourth-order valence-electron chi connectivity index (χ4n) is 1.52. The van der Waals surface area contributed by atoms with Gasteiger partial charge in [-0.2, -0.15) is 13.2 Å². The van der Waals surface area contributed by atoms with Crippen LogP contribution in [0, 0.1) is 0 Å². The Labute approximate surface area is 79.7 Å². The van der Waals surface area contributed by atoms with Crippen molar-refractivity contribution in [3.05, 3.63) is 35.4 Å². The first-order valence-corrected chi connectivity index (χ1v) is 4.41. The largest absolute Gasteiger partial charge is 0.416 e. The molecule has 2 N–H and O–H groups in total. The summed E-state index contributed by atoms with van der Waals surface area (Å²) in [7, 11) is 0. The van der Waals surface area contributed by atoms with Crippen molar-refractivity contribution in [2.24, 2.45) is 5.73 Å². The number of nitrogens with two attached hydrogens (primary N) is 1. The van der Waals surface area contributed by atoms with Crippen molar-refractivity contribution >= 4 is 0 Å². The molecule has 76 valence electrons. The van der Waals surface area contributed by atoms with E-state index < -0.39 is 11.7 Å². The third-order valence-electron chi connectivity index (χ3n) is 2.51. The van der Waals surface area contributed by atoms with Crippen molar-refractivity contribution < 1.29 is 13.2 Å². The molecule has 0 heterocycles. The van der Waals surface area contributed by atoms with Crippen molar-refractivity contribution in [3.63, 3.8) is 0 Å². The van der Waals surface area contributed by atoms with Gasteiger partial charge in [0.15, 0.2) is 0 Å². The smallest absolute Gasteiger partial charge is 0.327 e. The van der Waals surface area contributed by atoms with Crippen LogP contribution in [0.2, 0.25) is 0 Å². The lowest BCUT2D eigenvalue weighted by Crippen LogP contribution is -2.05. The van der Waals surface area contributed by atoms with Gasteiger partial charge >= 0.3 is 6.18 Å². The van der Waals surface area contributed by atoms with E-state index in [-0.39, 0.29) is 12.0 Å². The zero-order valence-electron chi connectivity index (χ0n) is 7.38. The number of halogens is 3. The van der Waals surface area contributed by atoms with Gasteiger partial charge in [0, 0.05) is 12.0 Å². The topological polar surface area (TPSA) is 26.0 Å². The molecule has 1 aliphatic carbocycles. The Morgan fingerprint density at radius 2 is 1.64 bits per heavy atom. The van der Waals surface area contributed by atoms with E-state index in [0.29, 0.717) is 0 Å². The third-order valence-corrected chi connectivity index (χ3v) is 2.51. The summed E-state index contributed by atoms with van der Waals surface area (Å²) in [4.78, 5) is 0. The Kier molecular flexibility index (Phi) is 2.03. The summed E-state index contributed by atoms with van der Waals surface area (Å²) in [5, 5.41) is 0. The van der Waals surface area contributed by atoms with Crippen LogP contribution < -0.4 is 5.73 Å². The van der Waals surface area contributed by atoms with E-state index in [0.717, 1.165) is 24.1 Å². The number of hydrogen-bond acceptors (Lipinski definition) is 1. The quantitative estimate of drug-likeness (QED) is 0.742. The normalized spacial score (nSPS) is 26.3. The van der Waals surface area contributed by atoms with E-state index in [9.17, 15) is 13.2 Å². The maximum absolute atomic E-state index is 12.2. The Morgan fingerprint density at radius 3 is 2.00 bits per heavy atom. The zero-order valence-corrected chi connectivity index (χ0v) is 7.38. The molecule has 2 rings (SSSR count). The average Bonchev–Trinajstić information content (AvgIpc) is 2.81. The zero-order chi connectivity index (χ0) is 10.3. The van der Waals surface area contributed by atoms with Crippen molar-refractivity contribution in [2.45, 2.75) is 24.6 Å². The maximum atomic E-state index is 12.2. The van der Waals surface area contributed by atoms with Gasteiger partial charge in [-0.1, -0.05) is 12.1 Å². The fourth-order valence-corrected chi connectivity index (χ4v) is 1.52. The van der Waals surface area contributed by atoms with Crippen molar-refractivity contribution in [1.82, 2.24) is 0 Å². The van der Waals surface area contributed by atoms with Gasteiger partial charge in [-0.25, -0.2) is 0 Å². The minimum atomic E-state index is -4.25. The molecule has 0 radical (unpaired) electrons. The van der Waals surface area contributed by atoms with Crippen LogP contribution in [-0.2, 0) is 6.18 Å². The van der Waals surface area contributed by atoms with E-state index >= 15 is 0 Å². The van der Waals surface area contributed by atoms with E-state index in [1.165, 1.54) is 12.1 Å². The van der Waals surface area contributed by atoms with E-state index in [1.807, 2.05) is 0 Å². The van der Waals surface area contributed by atoms with Crippen molar-refractivity contribution in [1.29, 1.82) is 0 Å². The second-order valence-electron chi connectivity index (χ2n) is 3.63. The maximum Gasteiger partial charge on any atom is 0.416 e. The number of alkyl halides is 3. The molecule has 1 aromatic carbocycles. The van der Waals surface area contributed by atoms with Crippen LogP contribution in [0.15, 0.2) is 24.3 Å². The van der Waals surface area contributed by atoms with Crippen molar-refractivity contribution in [2.75, 3.05) is 0 Å². The highest BCUT2D eigenvalue weighted by Crippen LogP contribution is 2.39. The monoisotopic (exact) mass is 201 g/mol. The molecule has 2 atom stereocenters. The molecule has 0 aromatic heterocycles. The van der Waals surface area contributed by atoms with Crippen LogP contribution >= 0.6 is 0 Å². The van der Waals surface area contributed by atoms with Gasteiger partial charge in [-0.3, -0.25) is 0 Å². The minimum absolute atomic E-state index is 0.131. The summed E-state index contributed by atoms with van der Waals surface area (Å²) in [5.74, 6) is 0.261. The average molecular weight is 201 g/mol. The molecular formula is C10H10F3N. The van der Waals surface area contributed by atoms with E-state index in [4.69, 9.17) is 5.73 Å². The van der Waals surface area contributed by atoms with Crippen LogP contribution in [0.4, 0.5) is 13.2 Å². The van der Waals surface area contributed by atoms with Crippen LogP contribution in [0.5, 0.6) is 0 Å². The fraction of sp³-hybridized carbons (Fsp3) is 0.400. The highest BCUT2D eigenvalue weighted by molar-refractivity contribution is 5.31. The lowest BCUT2D eigenvalue weighted by molar-refractivity contribution is -0.137. The predicted molar refractivity (Wildman–Crippen MR) is 46.8 cm³/mol. The highest BCUT2D eigenvalue weighted by Gasteiger charge is 2.36. The molecule has 14 heavy (non-hydrogen) atoms. The Balaban J connectivity index is 2.18. The molecule has 0 amide bonds. The summed E-state index contributed by atoms with van der Waals surface area (Å²) >= 11 is 0. The molecule has 0 unspecified atom stereocenters. The molecule has 1 aliphatic rings. The second-order valence-corrected chi connectivity index (χ2v) is 3.63. The Morgan fingerprint density at radius 1 is 1.14 bits per heavy atom. The molecule has 1 saturated carbocycles. The summed E-state index contributed by atoms with van der Waals surface area (Å²) in [5.41, 5.74) is 5.91. The van der Waals surface area contributed by atoms with Crippen LogP contribution in [0.3, 0.4) is 0 Å². The minimum Gasteiger partial charge on any atom is -0.327 e. The molecule has 0 saturated heterocycles. The highest BCUT2D eigenvalue weighted by atomic mass is 19.4. The van der Waals surface area contributed by atoms with Gasteiger partial charge in [-0.05, 0) is 24.1 Å². The molecule has 1 nitrogen and oxygen atoms in total. The lowest BCUT2D eigenvalue weighted by atomic mass is 10.1. The van der Waals surface area contributed by atoms with Gasteiger partial charge in [0.1, 0.15) is 0 Å². The Hall–Kier alpha value is -1.03. The van der Waals surface area contributed by atoms with Crippen LogP contribution in [-0.4, -0.2) is 6.04 Å². The Bertz CT molecular complexity index is 328. The second kappa shape index (κ2) is 2.98. The summed E-state index contributed by atoms with van der Waals surface area (Å²) < 4.78 is 36.6.